The topological polar surface area (TPSA) is 59.0 Å². The first-order valence-corrected chi connectivity index (χ1v) is 10.3. The maximum atomic E-state index is 12.5. The van der Waals surface area contributed by atoms with E-state index in [1.807, 2.05) is 48.5 Å². The molecule has 3 aromatic carbocycles. The number of anilines is 2. The second-order valence-electron chi connectivity index (χ2n) is 6.38. The van der Waals surface area contributed by atoms with Crippen LogP contribution in [-0.2, 0) is 6.54 Å². The molecule has 146 valence electrons. The van der Waals surface area contributed by atoms with Crippen LogP contribution in [0.3, 0.4) is 0 Å². The van der Waals surface area contributed by atoms with Gasteiger partial charge in [-0.25, -0.2) is 4.79 Å². The van der Waals surface area contributed by atoms with Crippen molar-refractivity contribution in [2.45, 2.75) is 6.54 Å². The second-order valence-corrected chi connectivity index (χ2v) is 8.05. The third-order valence-electron chi connectivity index (χ3n) is 4.32. The first-order chi connectivity index (χ1) is 14.0. The van der Waals surface area contributed by atoms with Gasteiger partial charge in [-0.15, -0.1) is 0 Å². The Morgan fingerprint density at radius 1 is 1.00 bits per heavy atom. The van der Waals surface area contributed by atoms with E-state index in [1.165, 1.54) is 0 Å². The minimum atomic E-state index is -0.373. The highest BCUT2D eigenvalue weighted by Crippen LogP contribution is 2.26. The molecule has 4 rings (SSSR count). The summed E-state index contributed by atoms with van der Waals surface area (Å²) in [5.74, 6) is 0.419. The highest BCUT2D eigenvalue weighted by Gasteiger charge is 2.12. The van der Waals surface area contributed by atoms with Crippen molar-refractivity contribution in [1.82, 2.24) is 9.78 Å². The van der Waals surface area contributed by atoms with E-state index in [4.69, 9.17) is 23.2 Å². The Labute approximate surface area is 185 Å². The Morgan fingerprint density at radius 2 is 1.79 bits per heavy atom. The van der Waals surface area contributed by atoms with Gasteiger partial charge in [0.15, 0.2) is 5.82 Å². The molecule has 2 amide bonds. The number of fused-ring (bicyclic) bond motifs is 1. The number of hydrogen-bond donors (Lipinski definition) is 2. The molecular weight excluding hydrogens is 475 g/mol. The lowest BCUT2D eigenvalue weighted by atomic mass is 10.1. The Balaban J connectivity index is 1.48. The summed E-state index contributed by atoms with van der Waals surface area (Å²) in [7, 11) is 0. The predicted molar refractivity (Wildman–Crippen MR) is 122 cm³/mol. The van der Waals surface area contributed by atoms with Crippen LogP contribution in [0.1, 0.15) is 5.56 Å². The molecule has 0 aliphatic heterocycles. The van der Waals surface area contributed by atoms with Crippen molar-refractivity contribution in [3.8, 4) is 0 Å². The van der Waals surface area contributed by atoms with Crippen LogP contribution in [0.2, 0.25) is 10.0 Å². The number of benzene rings is 3. The molecule has 0 aliphatic rings. The van der Waals surface area contributed by atoms with Crippen LogP contribution in [0, 0.1) is 0 Å². The lowest BCUT2D eigenvalue weighted by Gasteiger charge is -2.09. The summed E-state index contributed by atoms with van der Waals surface area (Å²) in [5, 5.41) is 13.1. The van der Waals surface area contributed by atoms with E-state index in [9.17, 15) is 4.79 Å². The molecule has 29 heavy (non-hydrogen) atoms. The van der Waals surface area contributed by atoms with Gasteiger partial charge in [0.25, 0.3) is 0 Å². The highest BCUT2D eigenvalue weighted by atomic mass is 79.9. The number of amides is 2. The molecule has 5 nitrogen and oxygen atoms in total. The molecule has 2 N–H and O–H groups in total. The Kier molecular flexibility index (Phi) is 5.76. The minimum absolute atomic E-state index is 0.373. The molecule has 0 fully saturated rings. The van der Waals surface area contributed by atoms with Crippen molar-refractivity contribution in [3.63, 3.8) is 0 Å². The first-order valence-electron chi connectivity index (χ1n) is 8.72. The van der Waals surface area contributed by atoms with Crippen molar-refractivity contribution in [2.75, 3.05) is 10.6 Å². The van der Waals surface area contributed by atoms with Gasteiger partial charge in [0, 0.05) is 11.6 Å². The molecule has 0 saturated heterocycles. The van der Waals surface area contributed by atoms with Gasteiger partial charge in [0.1, 0.15) is 0 Å². The number of nitrogens with zero attached hydrogens (tertiary/aromatic N) is 2. The molecule has 0 atom stereocenters. The fourth-order valence-corrected chi connectivity index (χ4v) is 3.72. The normalized spacial score (nSPS) is 10.9. The zero-order chi connectivity index (χ0) is 20.4. The third kappa shape index (κ3) is 4.56. The zero-order valence-electron chi connectivity index (χ0n) is 15.0. The van der Waals surface area contributed by atoms with E-state index in [-0.39, 0.29) is 6.03 Å². The maximum Gasteiger partial charge on any atom is 0.324 e. The number of hydrogen-bond acceptors (Lipinski definition) is 2. The number of aromatic nitrogens is 2. The van der Waals surface area contributed by atoms with Crippen LogP contribution in [0.25, 0.3) is 10.8 Å². The van der Waals surface area contributed by atoms with E-state index < -0.39 is 0 Å². The average molecular weight is 490 g/mol. The smallest absolute Gasteiger partial charge is 0.307 e. The maximum absolute atomic E-state index is 12.5. The summed E-state index contributed by atoms with van der Waals surface area (Å²) in [6, 6.07) is 18.7. The van der Waals surface area contributed by atoms with Gasteiger partial charge in [-0.05, 0) is 45.1 Å². The molecule has 0 saturated carbocycles. The molecule has 1 heterocycles. The molecule has 4 aromatic rings. The van der Waals surface area contributed by atoms with Crippen LogP contribution in [-0.4, -0.2) is 15.8 Å². The van der Waals surface area contributed by atoms with Gasteiger partial charge in [-0.1, -0.05) is 65.7 Å². The van der Waals surface area contributed by atoms with E-state index in [2.05, 4.69) is 31.7 Å². The van der Waals surface area contributed by atoms with E-state index in [1.54, 1.807) is 23.0 Å². The van der Waals surface area contributed by atoms with Crippen LogP contribution < -0.4 is 10.6 Å². The number of rotatable bonds is 4. The van der Waals surface area contributed by atoms with E-state index >= 15 is 0 Å². The molecule has 8 heteroatoms. The summed E-state index contributed by atoms with van der Waals surface area (Å²) >= 11 is 15.5. The van der Waals surface area contributed by atoms with Crippen LogP contribution >= 0.6 is 39.1 Å². The van der Waals surface area contributed by atoms with Gasteiger partial charge >= 0.3 is 6.03 Å². The Hall–Kier alpha value is -2.54. The van der Waals surface area contributed by atoms with Crippen LogP contribution in [0.4, 0.5) is 16.3 Å². The van der Waals surface area contributed by atoms with E-state index in [0.29, 0.717) is 26.9 Å². The summed E-state index contributed by atoms with van der Waals surface area (Å²) in [6.45, 7) is 0.488. The van der Waals surface area contributed by atoms with Gasteiger partial charge < -0.3 is 5.32 Å². The fourth-order valence-electron chi connectivity index (χ4n) is 2.98. The predicted octanol–water partition coefficient (Wildman–Crippen LogP) is 6.80. The summed E-state index contributed by atoms with van der Waals surface area (Å²) in [6.07, 6.45) is 1.79. The number of halogens is 3. The van der Waals surface area contributed by atoms with Crippen molar-refractivity contribution < 1.29 is 4.79 Å². The van der Waals surface area contributed by atoms with Gasteiger partial charge in [-0.3, -0.25) is 10.00 Å². The Morgan fingerprint density at radius 3 is 2.62 bits per heavy atom. The van der Waals surface area contributed by atoms with Gasteiger partial charge in [0.2, 0.25) is 0 Å². The van der Waals surface area contributed by atoms with E-state index in [0.717, 1.165) is 22.0 Å². The van der Waals surface area contributed by atoms with Crippen molar-refractivity contribution in [3.05, 3.63) is 86.9 Å². The van der Waals surface area contributed by atoms with Crippen molar-refractivity contribution in [2.24, 2.45) is 0 Å². The molecule has 0 unspecified atom stereocenters. The summed E-state index contributed by atoms with van der Waals surface area (Å²) < 4.78 is 2.38. The first kappa shape index (κ1) is 19.8. The average Bonchev–Trinajstić information content (AvgIpc) is 3.03. The standard InChI is InChI=1S/C21H15BrCl2N4O/c22-16-12-28(11-13-8-9-17(23)18(24)10-13)27-20(16)26-21(29)25-19-7-3-5-14-4-1-2-6-15(14)19/h1-10,12H,11H2,(H2,25,26,27,29). The molecular formula is C21H15BrCl2N4O. The second kappa shape index (κ2) is 8.45. The quantitative estimate of drug-likeness (QED) is 0.331. The number of urea groups is 1. The molecule has 0 spiro atoms. The number of nitrogens with one attached hydrogen (secondary N) is 2. The zero-order valence-corrected chi connectivity index (χ0v) is 18.1. The highest BCUT2D eigenvalue weighted by molar-refractivity contribution is 9.10. The fraction of sp³-hybridized carbons (Fsp3) is 0.0476. The molecule has 0 radical (unpaired) electrons. The molecule has 1 aromatic heterocycles. The third-order valence-corrected chi connectivity index (χ3v) is 5.63. The van der Waals surface area contributed by atoms with Gasteiger partial charge in [-0.2, -0.15) is 5.10 Å². The van der Waals surface area contributed by atoms with Gasteiger partial charge in [0.05, 0.1) is 26.8 Å². The number of carbonyl (C=O) groups excluding carboxylic acids is 1. The minimum Gasteiger partial charge on any atom is -0.307 e. The lowest BCUT2D eigenvalue weighted by Crippen LogP contribution is -2.20. The monoisotopic (exact) mass is 488 g/mol. The van der Waals surface area contributed by atoms with Crippen molar-refractivity contribution >= 4 is 67.4 Å². The number of carbonyl (C=O) groups is 1. The Bertz CT molecular complexity index is 1200. The lowest BCUT2D eigenvalue weighted by molar-refractivity contribution is 0.262. The molecule has 0 bridgehead atoms. The molecule has 0 aliphatic carbocycles. The van der Waals surface area contributed by atoms with Crippen molar-refractivity contribution in [1.29, 1.82) is 0 Å². The van der Waals surface area contributed by atoms with Crippen LogP contribution in [0.5, 0.6) is 0 Å². The summed E-state index contributed by atoms with van der Waals surface area (Å²) in [4.78, 5) is 12.5. The largest absolute Gasteiger partial charge is 0.324 e. The SMILES string of the molecule is O=C(Nc1nn(Cc2ccc(Cl)c(Cl)c2)cc1Br)Nc1cccc2ccccc12. The van der Waals surface area contributed by atoms with Crippen LogP contribution in [0.15, 0.2) is 71.3 Å². The summed E-state index contributed by atoms with van der Waals surface area (Å²) in [5.41, 5.74) is 1.67.